The molecule has 0 bridgehead atoms. The number of carbonyl (C=O) groups is 1. The smallest absolute Gasteiger partial charge is 0.236 e. The van der Waals surface area contributed by atoms with E-state index in [1.165, 1.54) is 16.2 Å². The molecule has 4 nitrogen and oxygen atoms in total. The van der Waals surface area contributed by atoms with Gasteiger partial charge in [-0.3, -0.25) is 9.78 Å². The molecule has 0 aliphatic heterocycles. The number of hydrogen-bond acceptors (Lipinski definition) is 6. The number of nitrogens with one attached hydrogen (secondary N) is 1. The minimum atomic E-state index is -0.0165. The van der Waals surface area contributed by atoms with Gasteiger partial charge in [0.1, 0.15) is 0 Å². The average Bonchev–Trinajstić information content (AvgIpc) is 3.20. The van der Waals surface area contributed by atoms with Gasteiger partial charge >= 0.3 is 0 Å². The highest BCUT2D eigenvalue weighted by Crippen LogP contribution is 2.24. The zero-order chi connectivity index (χ0) is 15.2. The summed E-state index contributed by atoms with van der Waals surface area (Å²) < 4.78 is 0. The molecule has 22 heavy (non-hydrogen) atoms. The van der Waals surface area contributed by atoms with E-state index in [0.717, 1.165) is 17.0 Å². The SMILES string of the molecule is O=C(CSCc1cccs1)Nc1nc(-c2ccncc2)cs1. The van der Waals surface area contributed by atoms with Crippen LogP contribution in [0.5, 0.6) is 0 Å². The summed E-state index contributed by atoms with van der Waals surface area (Å²) >= 11 is 4.75. The highest BCUT2D eigenvalue weighted by atomic mass is 32.2. The zero-order valence-electron chi connectivity index (χ0n) is 11.6. The Labute approximate surface area is 140 Å². The molecule has 112 valence electrons. The lowest BCUT2D eigenvalue weighted by Gasteiger charge is -2.01. The molecule has 0 spiro atoms. The normalized spacial score (nSPS) is 10.5. The van der Waals surface area contributed by atoms with Crippen molar-refractivity contribution in [3.05, 3.63) is 52.3 Å². The predicted octanol–water partition coefficient (Wildman–Crippen LogP) is 4.14. The standard InChI is InChI=1S/C15H13N3OS3/c19-14(10-20-8-12-2-1-7-21-12)18-15-17-13(9-22-15)11-3-5-16-6-4-11/h1-7,9H,8,10H2,(H,17,18,19). The summed E-state index contributed by atoms with van der Waals surface area (Å²) in [5.74, 6) is 1.28. The second kappa shape index (κ2) is 7.53. The van der Waals surface area contributed by atoms with E-state index in [1.54, 1.807) is 35.5 Å². The molecule has 0 radical (unpaired) electrons. The van der Waals surface area contributed by atoms with Gasteiger partial charge in [0.15, 0.2) is 5.13 Å². The minimum absolute atomic E-state index is 0.0165. The van der Waals surface area contributed by atoms with Crippen LogP contribution in [0.1, 0.15) is 4.88 Å². The lowest BCUT2D eigenvalue weighted by Crippen LogP contribution is -2.13. The number of thiophene rings is 1. The fourth-order valence-corrected chi connectivity index (χ4v) is 4.18. The number of nitrogens with zero attached hydrogens (tertiary/aromatic N) is 2. The Morgan fingerprint density at radius 2 is 2.09 bits per heavy atom. The number of amides is 1. The summed E-state index contributed by atoms with van der Waals surface area (Å²) in [5.41, 5.74) is 1.85. The van der Waals surface area contributed by atoms with Crippen molar-refractivity contribution in [3.63, 3.8) is 0 Å². The Hall–Kier alpha value is -1.70. The van der Waals surface area contributed by atoms with E-state index < -0.39 is 0 Å². The van der Waals surface area contributed by atoms with Crippen LogP contribution in [0.4, 0.5) is 5.13 Å². The molecule has 7 heteroatoms. The van der Waals surface area contributed by atoms with E-state index in [9.17, 15) is 4.79 Å². The molecule has 0 aromatic carbocycles. The van der Waals surface area contributed by atoms with Crippen molar-refractivity contribution in [2.45, 2.75) is 5.75 Å². The minimum Gasteiger partial charge on any atom is -0.301 e. The number of aromatic nitrogens is 2. The van der Waals surface area contributed by atoms with Gasteiger partial charge < -0.3 is 5.32 Å². The third-order valence-electron chi connectivity index (χ3n) is 2.78. The maximum atomic E-state index is 11.9. The fourth-order valence-electron chi connectivity index (χ4n) is 1.78. The number of anilines is 1. The van der Waals surface area contributed by atoms with Gasteiger partial charge in [-0.2, -0.15) is 0 Å². The number of thioether (sulfide) groups is 1. The topological polar surface area (TPSA) is 54.9 Å². The molecule has 0 fully saturated rings. The van der Waals surface area contributed by atoms with E-state index >= 15 is 0 Å². The molecule has 3 rings (SSSR count). The van der Waals surface area contributed by atoms with Crippen molar-refractivity contribution in [2.75, 3.05) is 11.1 Å². The van der Waals surface area contributed by atoms with Crippen molar-refractivity contribution in [1.29, 1.82) is 0 Å². The van der Waals surface area contributed by atoms with E-state index in [4.69, 9.17) is 0 Å². The van der Waals surface area contributed by atoms with Crippen molar-refractivity contribution in [1.82, 2.24) is 9.97 Å². The van der Waals surface area contributed by atoms with Gasteiger partial charge in [0.2, 0.25) is 5.91 Å². The van der Waals surface area contributed by atoms with Crippen molar-refractivity contribution < 1.29 is 4.79 Å². The van der Waals surface area contributed by atoms with Crippen LogP contribution in [0.25, 0.3) is 11.3 Å². The lowest BCUT2D eigenvalue weighted by atomic mass is 10.2. The number of hydrogen-bond donors (Lipinski definition) is 1. The molecule has 1 N–H and O–H groups in total. The van der Waals surface area contributed by atoms with Crippen molar-refractivity contribution in [2.24, 2.45) is 0 Å². The van der Waals surface area contributed by atoms with E-state index in [-0.39, 0.29) is 5.91 Å². The summed E-state index contributed by atoms with van der Waals surface area (Å²) in [7, 11) is 0. The van der Waals surface area contributed by atoms with E-state index in [2.05, 4.69) is 21.4 Å². The molecule has 0 aliphatic rings. The highest BCUT2D eigenvalue weighted by molar-refractivity contribution is 7.99. The number of carbonyl (C=O) groups excluding carboxylic acids is 1. The van der Waals surface area contributed by atoms with Gasteiger partial charge in [0.05, 0.1) is 11.4 Å². The Morgan fingerprint density at radius 3 is 2.86 bits per heavy atom. The third kappa shape index (κ3) is 4.16. The maximum Gasteiger partial charge on any atom is 0.236 e. The lowest BCUT2D eigenvalue weighted by molar-refractivity contribution is -0.113. The number of rotatable bonds is 6. The quantitative estimate of drug-likeness (QED) is 0.728. The summed E-state index contributed by atoms with van der Waals surface area (Å²) in [5, 5.41) is 7.46. The van der Waals surface area contributed by atoms with Crippen LogP contribution in [-0.2, 0) is 10.5 Å². The van der Waals surface area contributed by atoms with Gasteiger partial charge in [-0.25, -0.2) is 4.98 Å². The molecular formula is C15H13N3OS3. The molecule has 3 aromatic rings. The van der Waals surface area contributed by atoms with Crippen LogP contribution in [0, 0.1) is 0 Å². The first-order valence-electron chi connectivity index (χ1n) is 6.57. The molecule has 1 amide bonds. The van der Waals surface area contributed by atoms with Crippen LogP contribution in [0.2, 0.25) is 0 Å². The van der Waals surface area contributed by atoms with Crippen LogP contribution in [-0.4, -0.2) is 21.6 Å². The van der Waals surface area contributed by atoms with Crippen LogP contribution in [0.3, 0.4) is 0 Å². The highest BCUT2D eigenvalue weighted by Gasteiger charge is 2.08. The summed E-state index contributed by atoms with van der Waals surface area (Å²) in [6.07, 6.45) is 3.46. The molecular weight excluding hydrogens is 334 g/mol. The van der Waals surface area contributed by atoms with Crippen molar-refractivity contribution in [3.8, 4) is 11.3 Å². The van der Waals surface area contributed by atoms with Crippen LogP contribution in [0.15, 0.2) is 47.4 Å². The molecule has 0 saturated carbocycles. The molecule has 3 aromatic heterocycles. The number of pyridine rings is 1. The Balaban J connectivity index is 1.50. The first kappa shape index (κ1) is 15.2. The van der Waals surface area contributed by atoms with Gasteiger partial charge in [0.25, 0.3) is 0 Å². The van der Waals surface area contributed by atoms with Crippen LogP contribution >= 0.6 is 34.4 Å². The average molecular weight is 347 g/mol. The molecule has 0 saturated heterocycles. The first-order chi connectivity index (χ1) is 10.8. The monoisotopic (exact) mass is 347 g/mol. The maximum absolute atomic E-state index is 11.9. The Bertz CT molecular complexity index is 726. The van der Waals surface area contributed by atoms with Gasteiger partial charge in [-0.05, 0) is 23.6 Å². The molecule has 0 atom stereocenters. The van der Waals surface area contributed by atoms with Gasteiger partial charge in [-0.15, -0.1) is 34.4 Å². The Kier molecular flexibility index (Phi) is 5.20. The van der Waals surface area contributed by atoms with E-state index in [0.29, 0.717) is 10.9 Å². The van der Waals surface area contributed by atoms with Crippen LogP contribution < -0.4 is 5.32 Å². The summed E-state index contributed by atoms with van der Waals surface area (Å²) in [6.45, 7) is 0. The zero-order valence-corrected chi connectivity index (χ0v) is 14.0. The largest absolute Gasteiger partial charge is 0.301 e. The summed E-state index contributed by atoms with van der Waals surface area (Å²) in [6, 6.07) is 7.91. The number of thiazole rings is 1. The van der Waals surface area contributed by atoms with Gasteiger partial charge in [0, 0.05) is 34.0 Å². The van der Waals surface area contributed by atoms with Gasteiger partial charge in [-0.1, -0.05) is 6.07 Å². The third-order valence-corrected chi connectivity index (χ3v) is 5.58. The second-order valence-electron chi connectivity index (χ2n) is 4.39. The summed E-state index contributed by atoms with van der Waals surface area (Å²) in [4.78, 5) is 21.6. The predicted molar refractivity (Wildman–Crippen MR) is 94.5 cm³/mol. The molecule has 3 heterocycles. The fraction of sp³-hybridized carbons (Fsp3) is 0.133. The van der Waals surface area contributed by atoms with Crippen molar-refractivity contribution >= 4 is 45.5 Å². The molecule has 0 unspecified atom stereocenters. The second-order valence-corrected chi connectivity index (χ2v) is 7.27. The molecule has 0 aliphatic carbocycles. The first-order valence-corrected chi connectivity index (χ1v) is 9.48. The van der Waals surface area contributed by atoms with E-state index in [1.807, 2.05) is 29.0 Å². The Morgan fingerprint density at radius 1 is 1.23 bits per heavy atom.